The highest BCUT2D eigenvalue weighted by atomic mass is 16.6. The van der Waals surface area contributed by atoms with Gasteiger partial charge in [-0.05, 0) is 56.8 Å². The van der Waals surface area contributed by atoms with Crippen molar-refractivity contribution >= 4 is 23.4 Å². The Morgan fingerprint density at radius 2 is 1.82 bits per heavy atom. The first kappa shape index (κ1) is 22.5. The molecule has 33 heavy (non-hydrogen) atoms. The van der Waals surface area contributed by atoms with Crippen molar-refractivity contribution in [2.24, 2.45) is 5.92 Å². The van der Waals surface area contributed by atoms with Crippen molar-refractivity contribution in [2.75, 3.05) is 37.7 Å². The van der Waals surface area contributed by atoms with Crippen molar-refractivity contribution in [2.45, 2.75) is 57.2 Å². The van der Waals surface area contributed by atoms with Gasteiger partial charge < -0.3 is 20.2 Å². The second-order valence-corrected chi connectivity index (χ2v) is 9.74. The average Bonchev–Trinajstić information content (AvgIpc) is 3.09. The highest BCUT2D eigenvalue weighted by Crippen LogP contribution is 2.40. The van der Waals surface area contributed by atoms with Gasteiger partial charge in [-0.1, -0.05) is 6.07 Å². The third kappa shape index (κ3) is 4.30. The number of hydrogen-bond donors (Lipinski definition) is 2. The molecule has 1 aromatic carbocycles. The van der Waals surface area contributed by atoms with Crippen molar-refractivity contribution in [1.29, 1.82) is 0 Å². The molecule has 9 nitrogen and oxygen atoms in total. The van der Waals surface area contributed by atoms with Crippen molar-refractivity contribution in [3.63, 3.8) is 0 Å². The van der Waals surface area contributed by atoms with Crippen LogP contribution in [0.1, 0.15) is 54.4 Å². The van der Waals surface area contributed by atoms with Gasteiger partial charge in [-0.2, -0.15) is 0 Å². The number of anilines is 1. The fourth-order valence-electron chi connectivity index (χ4n) is 5.65. The second kappa shape index (κ2) is 9.13. The average molecular weight is 457 g/mol. The van der Waals surface area contributed by atoms with Gasteiger partial charge in [0.1, 0.15) is 6.54 Å². The van der Waals surface area contributed by atoms with Gasteiger partial charge in [-0.15, -0.1) is 0 Å². The molecule has 4 aliphatic heterocycles. The predicted molar refractivity (Wildman–Crippen MR) is 121 cm³/mol. The van der Waals surface area contributed by atoms with E-state index < -0.39 is 22.5 Å². The molecule has 3 saturated heterocycles. The van der Waals surface area contributed by atoms with Crippen LogP contribution in [-0.2, 0) is 20.9 Å². The first-order valence-electron chi connectivity index (χ1n) is 12.1. The summed E-state index contributed by atoms with van der Waals surface area (Å²) >= 11 is 0. The smallest absolute Gasteiger partial charge is 0.347 e. The Hall–Kier alpha value is -2.33. The van der Waals surface area contributed by atoms with E-state index in [9.17, 15) is 19.6 Å². The SMILES string of the molecule is O=C1CCC([N+]2([O-])Cc3c(cccc3N3CCC(COC4CCNCC4)CC3)C2=O)C(=O)N1. The van der Waals surface area contributed by atoms with E-state index in [0.29, 0.717) is 17.6 Å². The number of amides is 3. The fourth-order valence-corrected chi connectivity index (χ4v) is 5.65. The number of quaternary nitrogens is 1. The van der Waals surface area contributed by atoms with E-state index in [4.69, 9.17) is 4.74 Å². The second-order valence-electron chi connectivity index (χ2n) is 9.74. The summed E-state index contributed by atoms with van der Waals surface area (Å²) < 4.78 is 4.92. The van der Waals surface area contributed by atoms with Crippen LogP contribution >= 0.6 is 0 Å². The Bertz CT molecular complexity index is 939. The van der Waals surface area contributed by atoms with Crippen molar-refractivity contribution in [1.82, 2.24) is 10.6 Å². The quantitative estimate of drug-likeness (QED) is 0.392. The molecular formula is C24H32N4O5. The Kier molecular flexibility index (Phi) is 6.22. The Morgan fingerprint density at radius 1 is 1.06 bits per heavy atom. The van der Waals surface area contributed by atoms with Gasteiger partial charge in [0.25, 0.3) is 5.91 Å². The zero-order valence-electron chi connectivity index (χ0n) is 18.9. The minimum Gasteiger partial charge on any atom is -0.624 e. The standard InChI is InChI=1S/C24H32N4O5/c29-22-5-4-21(23(30)26-22)28(32)14-19-18(24(28)31)2-1-3-20(19)27-12-8-16(9-13-27)15-33-17-6-10-25-11-7-17/h1-3,16-17,21,25H,4-15H2,(H,26,29,30). The van der Waals surface area contributed by atoms with E-state index in [1.54, 1.807) is 6.07 Å². The summed E-state index contributed by atoms with van der Waals surface area (Å²) in [5.41, 5.74) is 2.05. The molecule has 0 radical (unpaired) electrons. The summed E-state index contributed by atoms with van der Waals surface area (Å²) in [6.07, 6.45) is 4.72. The molecule has 0 aromatic heterocycles. The van der Waals surface area contributed by atoms with Crippen LogP contribution in [0.5, 0.6) is 0 Å². The summed E-state index contributed by atoms with van der Waals surface area (Å²) in [6.45, 7) is 4.48. The van der Waals surface area contributed by atoms with Crippen LogP contribution in [0.15, 0.2) is 18.2 Å². The predicted octanol–water partition coefficient (Wildman–Crippen LogP) is 1.45. The molecule has 2 unspecified atom stereocenters. The van der Waals surface area contributed by atoms with Crippen LogP contribution < -0.4 is 15.5 Å². The monoisotopic (exact) mass is 456 g/mol. The summed E-state index contributed by atoms with van der Waals surface area (Å²) in [5.74, 6) is -1.09. The van der Waals surface area contributed by atoms with E-state index >= 15 is 0 Å². The summed E-state index contributed by atoms with van der Waals surface area (Å²) in [4.78, 5) is 39.3. The number of rotatable bonds is 5. The fraction of sp³-hybridized carbons (Fsp3) is 0.625. The zero-order valence-corrected chi connectivity index (χ0v) is 18.9. The Balaban J connectivity index is 1.25. The molecule has 5 rings (SSSR count). The first-order chi connectivity index (χ1) is 16.0. The number of hydrogen-bond acceptors (Lipinski definition) is 7. The number of carbonyl (C=O) groups is 3. The zero-order chi connectivity index (χ0) is 23.0. The highest BCUT2D eigenvalue weighted by Gasteiger charge is 2.50. The lowest BCUT2D eigenvalue weighted by Crippen LogP contribution is -2.60. The molecule has 2 N–H and O–H groups in total. The maximum absolute atomic E-state index is 13.7. The third-order valence-corrected chi connectivity index (χ3v) is 7.64. The van der Waals surface area contributed by atoms with Gasteiger partial charge in [0, 0.05) is 43.8 Å². The maximum atomic E-state index is 13.7. The lowest BCUT2D eigenvalue weighted by Gasteiger charge is -2.42. The number of nitrogens with zero attached hydrogens (tertiary/aromatic N) is 2. The van der Waals surface area contributed by atoms with E-state index in [0.717, 1.165) is 69.7 Å². The van der Waals surface area contributed by atoms with Gasteiger partial charge in [-0.3, -0.25) is 19.6 Å². The molecule has 4 heterocycles. The largest absolute Gasteiger partial charge is 0.624 e. The van der Waals surface area contributed by atoms with E-state index in [-0.39, 0.29) is 25.3 Å². The van der Waals surface area contributed by atoms with Crippen LogP contribution in [0.2, 0.25) is 0 Å². The number of imide groups is 1. The molecule has 0 aliphatic carbocycles. The number of fused-ring (bicyclic) bond motifs is 1. The number of benzene rings is 1. The van der Waals surface area contributed by atoms with E-state index in [1.165, 1.54) is 0 Å². The molecule has 2 atom stereocenters. The minimum atomic E-state index is -1.23. The molecule has 0 saturated carbocycles. The normalized spacial score (nSPS) is 29.3. The molecule has 1 aromatic rings. The minimum absolute atomic E-state index is 0.0601. The lowest BCUT2D eigenvalue weighted by molar-refractivity contribution is -0.825. The number of ether oxygens (including phenoxy) is 1. The lowest BCUT2D eigenvalue weighted by atomic mass is 9.96. The van der Waals surface area contributed by atoms with Crippen LogP contribution in [0.25, 0.3) is 0 Å². The third-order valence-electron chi connectivity index (χ3n) is 7.64. The maximum Gasteiger partial charge on any atom is 0.347 e. The van der Waals surface area contributed by atoms with Gasteiger partial charge in [0.15, 0.2) is 6.04 Å². The molecular weight excluding hydrogens is 424 g/mol. The van der Waals surface area contributed by atoms with Crippen LogP contribution in [0, 0.1) is 11.1 Å². The molecule has 0 spiro atoms. The van der Waals surface area contributed by atoms with Crippen molar-refractivity contribution in [3.8, 4) is 0 Å². The van der Waals surface area contributed by atoms with Crippen LogP contribution in [-0.4, -0.2) is 67.3 Å². The molecule has 3 amide bonds. The number of nitrogens with one attached hydrogen (secondary N) is 2. The Labute approximate surface area is 193 Å². The van der Waals surface area contributed by atoms with E-state index in [2.05, 4.69) is 15.5 Å². The van der Waals surface area contributed by atoms with Crippen LogP contribution in [0.4, 0.5) is 5.69 Å². The van der Waals surface area contributed by atoms with Crippen LogP contribution in [0.3, 0.4) is 0 Å². The first-order valence-corrected chi connectivity index (χ1v) is 12.1. The van der Waals surface area contributed by atoms with Gasteiger partial charge in [-0.25, -0.2) is 4.79 Å². The Morgan fingerprint density at radius 3 is 2.55 bits per heavy atom. The summed E-state index contributed by atoms with van der Waals surface area (Å²) in [6, 6.07) is 4.40. The van der Waals surface area contributed by atoms with Crippen molar-refractivity contribution < 1.29 is 23.8 Å². The number of carbonyl (C=O) groups excluding carboxylic acids is 3. The number of hydroxylamine groups is 3. The highest BCUT2D eigenvalue weighted by molar-refractivity contribution is 6.02. The molecule has 178 valence electrons. The molecule has 0 bridgehead atoms. The number of piperidine rings is 3. The van der Waals surface area contributed by atoms with Gasteiger partial charge in [0.05, 0.1) is 11.7 Å². The summed E-state index contributed by atoms with van der Waals surface area (Å²) in [7, 11) is 0. The van der Waals surface area contributed by atoms with E-state index in [1.807, 2.05) is 12.1 Å². The summed E-state index contributed by atoms with van der Waals surface area (Å²) in [5, 5.41) is 19.2. The van der Waals surface area contributed by atoms with Gasteiger partial charge in [0.2, 0.25) is 5.91 Å². The molecule has 9 heteroatoms. The van der Waals surface area contributed by atoms with Gasteiger partial charge >= 0.3 is 5.91 Å². The topological polar surface area (TPSA) is 111 Å². The molecule has 4 aliphatic rings. The van der Waals surface area contributed by atoms with Crippen molar-refractivity contribution in [3.05, 3.63) is 34.5 Å². The molecule has 3 fully saturated rings.